The first-order valence-corrected chi connectivity index (χ1v) is 10.4. The fourth-order valence-electron chi connectivity index (χ4n) is 3.22. The van der Waals surface area contributed by atoms with Crippen LogP contribution in [0, 0.1) is 10.1 Å². The molecule has 1 aliphatic heterocycles. The maximum absolute atomic E-state index is 12.6. The molecule has 9 heteroatoms. The summed E-state index contributed by atoms with van der Waals surface area (Å²) < 4.78 is 0.847. The lowest BCUT2D eigenvalue weighted by Gasteiger charge is -2.24. The smallest absolute Gasteiger partial charge is 0.270 e. The van der Waals surface area contributed by atoms with Gasteiger partial charge in [-0.05, 0) is 25.1 Å². The molecular weight excluding hydrogens is 384 g/mol. The van der Waals surface area contributed by atoms with Crippen LogP contribution in [0.4, 0.5) is 10.8 Å². The summed E-state index contributed by atoms with van der Waals surface area (Å²) in [7, 11) is 0. The van der Waals surface area contributed by atoms with Crippen molar-refractivity contribution in [2.24, 2.45) is 0 Å². The molecule has 0 aliphatic carbocycles. The zero-order valence-electron chi connectivity index (χ0n) is 14.7. The number of hydrogen-bond acceptors (Lipinski definition) is 7. The fraction of sp³-hybridized carbons (Fsp3) is 0.333. The second-order valence-corrected chi connectivity index (χ2v) is 8.63. The Hall–Kier alpha value is -2.36. The number of nitro groups is 1. The van der Waals surface area contributed by atoms with Crippen molar-refractivity contribution in [1.29, 1.82) is 0 Å². The van der Waals surface area contributed by atoms with E-state index in [1.165, 1.54) is 39.7 Å². The van der Waals surface area contributed by atoms with E-state index in [0.717, 1.165) is 42.9 Å². The Kier molecular flexibility index (Phi) is 4.90. The first-order chi connectivity index (χ1) is 13.0. The third-order valence-electron chi connectivity index (χ3n) is 4.51. The fourth-order valence-corrected chi connectivity index (χ4v) is 5.21. The zero-order chi connectivity index (χ0) is 19.0. The van der Waals surface area contributed by atoms with Crippen LogP contribution >= 0.6 is 22.7 Å². The summed E-state index contributed by atoms with van der Waals surface area (Å²) in [5.74, 6) is -0.227. The van der Waals surface area contributed by atoms with Gasteiger partial charge in [0.1, 0.15) is 0 Å². The monoisotopic (exact) mass is 402 g/mol. The predicted molar refractivity (Wildman–Crippen MR) is 108 cm³/mol. The van der Waals surface area contributed by atoms with Crippen LogP contribution in [0.1, 0.15) is 33.6 Å². The SMILES string of the molecule is CCCN1CCc2nc(NC(=O)c3cc4cc([N+](=O)[O-])ccc4s3)sc2C1. The number of nitrogens with zero attached hydrogens (tertiary/aromatic N) is 3. The van der Waals surface area contributed by atoms with Gasteiger partial charge in [0.05, 0.1) is 15.5 Å². The first-order valence-electron chi connectivity index (χ1n) is 8.73. The van der Waals surface area contributed by atoms with E-state index in [1.54, 1.807) is 12.1 Å². The molecule has 1 aromatic carbocycles. The van der Waals surface area contributed by atoms with Crippen molar-refractivity contribution in [1.82, 2.24) is 9.88 Å². The van der Waals surface area contributed by atoms with Crippen LogP contribution in [0.5, 0.6) is 0 Å². The molecular formula is C18H18N4O3S2. The van der Waals surface area contributed by atoms with E-state index in [9.17, 15) is 14.9 Å². The van der Waals surface area contributed by atoms with Gasteiger partial charge in [0.2, 0.25) is 0 Å². The molecule has 0 fully saturated rings. The Morgan fingerprint density at radius 1 is 1.37 bits per heavy atom. The molecule has 2 aromatic heterocycles. The number of hydrogen-bond donors (Lipinski definition) is 1. The summed E-state index contributed by atoms with van der Waals surface area (Å²) in [5, 5.41) is 15.1. The van der Waals surface area contributed by atoms with Crippen molar-refractivity contribution in [3.05, 3.63) is 49.8 Å². The van der Waals surface area contributed by atoms with E-state index in [-0.39, 0.29) is 11.6 Å². The lowest BCUT2D eigenvalue weighted by molar-refractivity contribution is -0.384. The van der Waals surface area contributed by atoms with Crippen LogP contribution in [0.3, 0.4) is 0 Å². The molecule has 7 nitrogen and oxygen atoms in total. The average Bonchev–Trinajstić information content (AvgIpc) is 3.24. The number of thiazole rings is 1. The molecule has 0 saturated carbocycles. The lowest BCUT2D eigenvalue weighted by atomic mass is 10.2. The molecule has 0 saturated heterocycles. The second-order valence-electron chi connectivity index (χ2n) is 6.46. The third kappa shape index (κ3) is 3.71. The van der Waals surface area contributed by atoms with E-state index in [2.05, 4.69) is 22.1 Å². The molecule has 1 aliphatic rings. The molecule has 140 valence electrons. The standard InChI is InChI=1S/C18H18N4O3S2/c1-2-6-21-7-5-13-16(10-21)27-18(19-13)20-17(23)15-9-11-8-12(22(24)25)3-4-14(11)26-15/h3-4,8-9H,2,5-7,10H2,1H3,(H,19,20,23). The molecule has 3 aromatic rings. The van der Waals surface area contributed by atoms with Crippen molar-refractivity contribution in [3.8, 4) is 0 Å². The van der Waals surface area contributed by atoms with Crippen LogP contribution in [0.2, 0.25) is 0 Å². The van der Waals surface area contributed by atoms with E-state index in [1.807, 2.05) is 0 Å². The number of rotatable bonds is 5. The Morgan fingerprint density at radius 3 is 3.00 bits per heavy atom. The van der Waals surface area contributed by atoms with Gasteiger partial charge < -0.3 is 0 Å². The van der Waals surface area contributed by atoms with Gasteiger partial charge in [-0.1, -0.05) is 6.92 Å². The van der Waals surface area contributed by atoms with Gasteiger partial charge in [-0.3, -0.25) is 25.1 Å². The van der Waals surface area contributed by atoms with E-state index in [4.69, 9.17) is 0 Å². The van der Waals surface area contributed by atoms with Gasteiger partial charge in [0.25, 0.3) is 11.6 Å². The van der Waals surface area contributed by atoms with E-state index < -0.39 is 4.92 Å². The maximum atomic E-state index is 12.6. The van der Waals surface area contributed by atoms with Gasteiger partial charge in [0.15, 0.2) is 5.13 Å². The number of aromatic nitrogens is 1. The molecule has 1 amide bonds. The molecule has 0 atom stereocenters. The molecule has 0 unspecified atom stereocenters. The van der Waals surface area contributed by atoms with E-state index in [0.29, 0.717) is 15.4 Å². The van der Waals surface area contributed by atoms with Gasteiger partial charge >= 0.3 is 0 Å². The molecule has 3 heterocycles. The van der Waals surface area contributed by atoms with Gasteiger partial charge in [-0.15, -0.1) is 22.7 Å². The summed E-state index contributed by atoms with van der Waals surface area (Å²) in [6.45, 7) is 5.15. The minimum absolute atomic E-state index is 0.0245. The van der Waals surface area contributed by atoms with E-state index >= 15 is 0 Å². The Balaban J connectivity index is 1.51. The molecule has 1 N–H and O–H groups in total. The third-order valence-corrected chi connectivity index (χ3v) is 6.62. The number of nitrogens with one attached hydrogen (secondary N) is 1. The van der Waals surface area contributed by atoms with Crippen molar-refractivity contribution in [3.63, 3.8) is 0 Å². The molecule has 0 bridgehead atoms. The van der Waals surface area contributed by atoms with Crippen LogP contribution in [0.15, 0.2) is 24.3 Å². The van der Waals surface area contributed by atoms with Gasteiger partial charge in [0, 0.05) is 46.6 Å². The largest absolute Gasteiger partial charge is 0.298 e. The highest BCUT2D eigenvalue weighted by Crippen LogP contribution is 2.31. The highest BCUT2D eigenvalue weighted by molar-refractivity contribution is 7.21. The van der Waals surface area contributed by atoms with Crippen LogP contribution < -0.4 is 5.32 Å². The van der Waals surface area contributed by atoms with Crippen molar-refractivity contribution >= 4 is 49.5 Å². The normalized spacial score (nSPS) is 14.3. The predicted octanol–water partition coefficient (Wildman–Crippen LogP) is 4.29. The Morgan fingerprint density at radius 2 is 2.22 bits per heavy atom. The maximum Gasteiger partial charge on any atom is 0.270 e. The lowest BCUT2D eigenvalue weighted by Crippen LogP contribution is -2.30. The Bertz CT molecular complexity index is 1030. The van der Waals surface area contributed by atoms with Crippen molar-refractivity contribution < 1.29 is 9.72 Å². The van der Waals surface area contributed by atoms with Crippen LogP contribution in [0.25, 0.3) is 10.1 Å². The minimum atomic E-state index is -0.432. The first kappa shape index (κ1) is 18.0. The summed E-state index contributed by atoms with van der Waals surface area (Å²) in [5.41, 5.74) is 1.10. The van der Waals surface area contributed by atoms with Gasteiger partial charge in [-0.2, -0.15) is 0 Å². The highest BCUT2D eigenvalue weighted by atomic mass is 32.1. The number of nitro benzene ring substituents is 1. The summed E-state index contributed by atoms with van der Waals surface area (Å²) >= 11 is 2.85. The molecule has 4 rings (SSSR count). The molecule has 0 spiro atoms. The summed E-state index contributed by atoms with van der Waals surface area (Å²) in [4.78, 5) is 31.8. The number of benzene rings is 1. The van der Waals surface area contributed by atoms with Crippen molar-refractivity contribution in [2.45, 2.75) is 26.3 Å². The number of amides is 1. The van der Waals surface area contributed by atoms with Crippen molar-refractivity contribution in [2.75, 3.05) is 18.4 Å². The topological polar surface area (TPSA) is 88.4 Å². The van der Waals surface area contributed by atoms with Crippen LogP contribution in [-0.4, -0.2) is 33.8 Å². The second kappa shape index (κ2) is 7.34. The summed E-state index contributed by atoms with van der Waals surface area (Å²) in [6, 6.07) is 6.32. The highest BCUT2D eigenvalue weighted by Gasteiger charge is 2.21. The quantitative estimate of drug-likeness (QED) is 0.508. The zero-order valence-corrected chi connectivity index (χ0v) is 16.4. The number of non-ortho nitro benzene ring substituents is 1. The number of thiophene rings is 1. The number of fused-ring (bicyclic) bond motifs is 2. The average molecular weight is 403 g/mol. The summed E-state index contributed by atoms with van der Waals surface area (Å²) in [6.07, 6.45) is 2.04. The Labute approximate surface area is 163 Å². The number of anilines is 1. The van der Waals surface area contributed by atoms with Gasteiger partial charge in [-0.25, -0.2) is 4.98 Å². The van der Waals surface area contributed by atoms with Crippen LogP contribution in [-0.2, 0) is 13.0 Å². The molecule has 0 radical (unpaired) electrons. The minimum Gasteiger partial charge on any atom is -0.298 e. The molecule has 27 heavy (non-hydrogen) atoms. The number of carbonyl (C=O) groups is 1. The number of carbonyl (C=O) groups excluding carboxylic acids is 1.